The highest BCUT2D eigenvalue weighted by molar-refractivity contribution is 5.64. The lowest BCUT2D eigenvalue weighted by atomic mass is 10.2. The molecule has 1 heterocycles. The maximum atomic E-state index is 12.4. The van der Waals surface area contributed by atoms with E-state index in [-0.39, 0.29) is 17.6 Å². The Morgan fingerprint density at radius 3 is 2.65 bits per heavy atom. The molecule has 0 aliphatic carbocycles. The minimum atomic E-state index is -4.58. The van der Waals surface area contributed by atoms with Crippen LogP contribution in [-0.2, 0) is 12.7 Å². The Labute approximate surface area is 93.0 Å². The molecule has 17 heavy (non-hydrogen) atoms. The van der Waals surface area contributed by atoms with E-state index in [0.717, 1.165) is 6.07 Å². The fraction of sp³-hybridized carbons (Fsp3) is 0.250. The molecule has 1 aromatic heterocycles. The van der Waals surface area contributed by atoms with Gasteiger partial charge in [-0.2, -0.15) is 18.3 Å². The molecule has 0 unspecified atom stereocenters. The summed E-state index contributed by atoms with van der Waals surface area (Å²) in [4.78, 5) is 12.2. The fourth-order valence-corrected chi connectivity index (χ4v) is 1.11. The molecular formula is C8H9F3N4O2. The van der Waals surface area contributed by atoms with Crippen molar-refractivity contribution in [2.75, 3.05) is 0 Å². The highest BCUT2D eigenvalue weighted by atomic mass is 19.4. The summed E-state index contributed by atoms with van der Waals surface area (Å²) in [5.41, 5.74) is -1.14. The van der Waals surface area contributed by atoms with Gasteiger partial charge in [-0.1, -0.05) is 0 Å². The molecule has 94 valence electrons. The third-order valence-corrected chi connectivity index (χ3v) is 1.80. The van der Waals surface area contributed by atoms with Crippen molar-refractivity contribution in [1.82, 2.24) is 10.3 Å². The van der Waals surface area contributed by atoms with Crippen molar-refractivity contribution in [2.45, 2.75) is 12.7 Å². The Kier molecular flexibility index (Phi) is 3.61. The first-order valence-electron chi connectivity index (χ1n) is 4.34. The van der Waals surface area contributed by atoms with Gasteiger partial charge in [0.15, 0.2) is 0 Å². The molecule has 0 atom stereocenters. The second-order valence-electron chi connectivity index (χ2n) is 3.07. The van der Waals surface area contributed by atoms with Crippen molar-refractivity contribution >= 4 is 6.09 Å². The normalized spacial score (nSPS) is 12.5. The molecule has 0 fully saturated rings. The van der Waals surface area contributed by atoms with Crippen LogP contribution >= 0.6 is 0 Å². The van der Waals surface area contributed by atoms with Crippen molar-refractivity contribution in [3.05, 3.63) is 28.9 Å². The molecule has 0 saturated heterocycles. The predicted molar refractivity (Wildman–Crippen MR) is 50.4 cm³/mol. The van der Waals surface area contributed by atoms with Gasteiger partial charge in [0.05, 0.1) is 0 Å². The number of halogens is 3. The number of aromatic nitrogens is 1. The smallest absolute Gasteiger partial charge is 0.431 e. The zero-order chi connectivity index (χ0) is 13.1. The summed E-state index contributed by atoms with van der Waals surface area (Å²) in [6.07, 6.45) is -5.92. The number of nitrogens with two attached hydrogens (primary N) is 1. The van der Waals surface area contributed by atoms with E-state index in [4.69, 9.17) is 10.9 Å². The van der Waals surface area contributed by atoms with Crippen LogP contribution in [0.15, 0.2) is 17.2 Å². The number of nitrogens with one attached hydrogen (secondary N) is 2. The zero-order valence-corrected chi connectivity index (χ0v) is 8.38. The number of alkyl halides is 3. The van der Waals surface area contributed by atoms with Crippen molar-refractivity contribution < 1.29 is 23.1 Å². The Hall–Kier alpha value is -2.19. The minimum absolute atomic E-state index is 0.0997. The third-order valence-electron chi connectivity index (χ3n) is 1.80. The number of carboxylic acid groups (broad SMARTS) is 1. The van der Waals surface area contributed by atoms with Crippen LogP contribution in [0, 0.1) is 0 Å². The number of H-pyrrole nitrogens is 1. The number of aromatic amines is 1. The standard InChI is InChI=1S/C8H9F3N4O2/c9-8(10,11)5-1-4(3-13-7(16)17)2-6(14-5)15-12/h1-2,13H,3,12H2,(H,14,15)(H,16,17). The van der Waals surface area contributed by atoms with Crippen LogP contribution in [0.1, 0.15) is 11.3 Å². The summed E-state index contributed by atoms with van der Waals surface area (Å²) < 4.78 is 37.3. The molecule has 9 heteroatoms. The third kappa shape index (κ3) is 3.70. The van der Waals surface area contributed by atoms with Gasteiger partial charge < -0.3 is 21.2 Å². The summed E-state index contributed by atoms with van der Waals surface area (Å²) >= 11 is 0. The summed E-state index contributed by atoms with van der Waals surface area (Å²) in [7, 11) is 0. The van der Waals surface area contributed by atoms with E-state index in [1.165, 1.54) is 6.07 Å². The Bertz CT molecular complexity index is 480. The second kappa shape index (κ2) is 4.76. The van der Waals surface area contributed by atoms with Gasteiger partial charge in [-0.15, -0.1) is 0 Å². The van der Waals surface area contributed by atoms with Crippen molar-refractivity contribution in [1.29, 1.82) is 0 Å². The molecule has 0 bridgehead atoms. The molecule has 0 saturated carbocycles. The molecular weight excluding hydrogens is 241 g/mol. The summed E-state index contributed by atoms with van der Waals surface area (Å²) in [5.74, 6) is 4.88. The van der Waals surface area contributed by atoms with Crippen LogP contribution in [0.5, 0.6) is 0 Å². The van der Waals surface area contributed by atoms with Crippen LogP contribution < -0.4 is 16.6 Å². The van der Waals surface area contributed by atoms with Crippen LogP contribution in [0.3, 0.4) is 0 Å². The van der Waals surface area contributed by atoms with Gasteiger partial charge in [-0.25, -0.2) is 4.79 Å². The summed E-state index contributed by atoms with van der Waals surface area (Å²) in [5, 5.41) is 13.4. The van der Waals surface area contributed by atoms with E-state index in [2.05, 4.69) is 5.10 Å². The van der Waals surface area contributed by atoms with Crippen LogP contribution in [0.25, 0.3) is 0 Å². The predicted octanol–water partition coefficient (Wildman–Crippen LogP) is 0.576. The second-order valence-corrected chi connectivity index (χ2v) is 3.07. The molecule has 6 nitrogen and oxygen atoms in total. The topological polar surface area (TPSA) is 104 Å². The van der Waals surface area contributed by atoms with Gasteiger partial charge in [0.2, 0.25) is 0 Å². The average Bonchev–Trinajstić information content (AvgIpc) is 2.24. The molecule has 1 aromatic rings. The maximum absolute atomic E-state index is 12.4. The van der Waals surface area contributed by atoms with E-state index in [0.29, 0.717) is 0 Å². The Balaban J connectivity index is 3.11. The van der Waals surface area contributed by atoms with Crippen molar-refractivity contribution in [3.63, 3.8) is 0 Å². The van der Waals surface area contributed by atoms with Gasteiger partial charge in [0.25, 0.3) is 0 Å². The Morgan fingerprint density at radius 1 is 1.53 bits per heavy atom. The highest BCUT2D eigenvalue weighted by Crippen LogP contribution is 2.26. The van der Waals surface area contributed by atoms with Gasteiger partial charge in [-0.05, 0) is 17.7 Å². The monoisotopic (exact) mass is 250 g/mol. The minimum Gasteiger partial charge on any atom is -0.465 e. The van der Waals surface area contributed by atoms with Gasteiger partial charge in [0, 0.05) is 6.54 Å². The van der Waals surface area contributed by atoms with Crippen molar-refractivity contribution in [2.24, 2.45) is 10.9 Å². The molecule has 0 radical (unpaired) electrons. The number of amides is 1. The number of rotatable bonds is 2. The number of nitrogens with zero attached hydrogens (tertiary/aromatic N) is 1. The molecule has 5 N–H and O–H groups in total. The number of hydrogen-bond donors (Lipinski definition) is 4. The summed E-state index contributed by atoms with van der Waals surface area (Å²) in [6, 6.07) is 2.00. The lowest BCUT2D eigenvalue weighted by Crippen LogP contribution is -2.24. The number of pyridine rings is 1. The lowest BCUT2D eigenvalue weighted by molar-refractivity contribution is -0.141. The number of carbonyl (C=O) groups is 1. The molecule has 1 rings (SSSR count). The zero-order valence-electron chi connectivity index (χ0n) is 8.38. The summed E-state index contributed by atoms with van der Waals surface area (Å²) in [6.45, 7) is -0.268. The molecule has 0 spiro atoms. The molecule has 0 aliphatic rings. The van der Waals surface area contributed by atoms with E-state index < -0.39 is 18.0 Å². The first-order valence-corrected chi connectivity index (χ1v) is 4.34. The molecule has 0 aliphatic heterocycles. The highest BCUT2D eigenvalue weighted by Gasteiger charge is 2.31. The SMILES string of the molecule is NN=c1cc(CNC(=O)O)cc(C(F)(F)F)[nH]1. The van der Waals surface area contributed by atoms with Crippen LogP contribution in [-0.4, -0.2) is 16.2 Å². The van der Waals surface area contributed by atoms with Gasteiger partial charge in [-0.3, -0.25) is 0 Å². The van der Waals surface area contributed by atoms with E-state index in [9.17, 15) is 18.0 Å². The fourth-order valence-electron chi connectivity index (χ4n) is 1.11. The maximum Gasteiger partial charge on any atom is 0.431 e. The van der Waals surface area contributed by atoms with Crippen molar-refractivity contribution in [3.8, 4) is 0 Å². The van der Waals surface area contributed by atoms with Crippen LogP contribution in [0.4, 0.5) is 18.0 Å². The van der Waals surface area contributed by atoms with Crippen LogP contribution in [0.2, 0.25) is 0 Å². The largest absolute Gasteiger partial charge is 0.465 e. The van der Waals surface area contributed by atoms with Gasteiger partial charge in [0.1, 0.15) is 11.2 Å². The number of hydrogen-bond acceptors (Lipinski definition) is 3. The average molecular weight is 250 g/mol. The van der Waals surface area contributed by atoms with E-state index in [1.807, 2.05) is 10.3 Å². The first kappa shape index (κ1) is 12.9. The quantitative estimate of drug-likeness (QED) is 0.455. The van der Waals surface area contributed by atoms with Gasteiger partial charge >= 0.3 is 12.3 Å². The van der Waals surface area contributed by atoms with E-state index in [1.54, 1.807) is 0 Å². The Morgan fingerprint density at radius 2 is 2.18 bits per heavy atom. The van der Waals surface area contributed by atoms with E-state index >= 15 is 0 Å². The molecule has 0 aromatic carbocycles. The lowest BCUT2D eigenvalue weighted by Gasteiger charge is -2.09. The first-order chi connectivity index (χ1) is 7.82. The molecule has 1 amide bonds.